The topological polar surface area (TPSA) is 85.0 Å². The summed E-state index contributed by atoms with van der Waals surface area (Å²) in [4.78, 5) is 43.4. The van der Waals surface area contributed by atoms with Crippen molar-refractivity contribution < 1.29 is 18.8 Å². The number of anilines is 2. The molecule has 34 heavy (non-hydrogen) atoms. The van der Waals surface area contributed by atoms with Crippen LogP contribution in [0.2, 0.25) is 0 Å². The minimum atomic E-state index is -0.374. The molecule has 2 aromatic carbocycles. The zero-order valence-electron chi connectivity index (χ0n) is 19.3. The summed E-state index contributed by atoms with van der Waals surface area (Å²) >= 11 is 0. The molecule has 3 amide bonds. The van der Waals surface area contributed by atoms with E-state index >= 15 is 0 Å². The normalized spacial score (nSPS) is 16.7. The van der Waals surface area contributed by atoms with E-state index in [0.29, 0.717) is 56.1 Å². The Morgan fingerprint density at radius 1 is 0.824 bits per heavy atom. The van der Waals surface area contributed by atoms with E-state index in [1.54, 1.807) is 17.0 Å². The molecule has 9 heteroatoms. The lowest BCUT2D eigenvalue weighted by atomic mass is 10.1. The largest absolute Gasteiger partial charge is 0.366 e. The zero-order valence-corrected chi connectivity index (χ0v) is 19.3. The molecule has 0 bridgehead atoms. The van der Waals surface area contributed by atoms with Crippen LogP contribution in [0.4, 0.5) is 15.8 Å². The van der Waals surface area contributed by atoms with Crippen molar-refractivity contribution in [3.05, 3.63) is 59.4 Å². The molecular weight excluding hydrogens is 437 g/mol. The lowest BCUT2D eigenvalue weighted by Gasteiger charge is -2.37. The van der Waals surface area contributed by atoms with Crippen LogP contribution in [0.1, 0.15) is 34.1 Å². The third-order valence-corrected chi connectivity index (χ3v) is 6.18. The van der Waals surface area contributed by atoms with Crippen LogP contribution in [0.3, 0.4) is 0 Å². The number of carbonyl (C=O) groups excluding carboxylic acids is 3. The van der Waals surface area contributed by atoms with Gasteiger partial charge in [0.2, 0.25) is 5.91 Å². The molecule has 0 unspecified atom stereocenters. The molecular formula is C25H30FN5O3. The van der Waals surface area contributed by atoms with E-state index in [4.69, 9.17) is 0 Å². The Morgan fingerprint density at radius 3 is 2.18 bits per heavy atom. The maximum atomic E-state index is 13.2. The van der Waals surface area contributed by atoms with Crippen LogP contribution in [0.5, 0.6) is 0 Å². The summed E-state index contributed by atoms with van der Waals surface area (Å²) in [6.45, 7) is 6.60. The van der Waals surface area contributed by atoms with Gasteiger partial charge in [-0.1, -0.05) is 0 Å². The van der Waals surface area contributed by atoms with Gasteiger partial charge in [0.1, 0.15) is 5.82 Å². The number of hydrogen-bond donors (Lipinski definition) is 2. The smallest absolute Gasteiger partial charge is 0.253 e. The summed E-state index contributed by atoms with van der Waals surface area (Å²) in [5.74, 6) is -0.762. The predicted octanol–water partition coefficient (Wildman–Crippen LogP) is 2.18. The minimum Gasteiger partial charge on any atom is -0.366 e. The molecule has 0 radical (unpaired) electrons. The average molecular weight is 468 g/mol. The lowest BCUT2D eigenvalue weighted by Crippen LogP contribution is -2.49. The summed E-state index contributed by atoms with van der Waals surface area (Å²) in [5, 5.41) is 6.16. The van der Waals surface area contributed by atoms with Crippen molar-refractivity contribution in [1.82, 2.24) is 15.1 Å². The molecule has 2 aromatic rings. The Balaban J connectivity index is 1.47. The maximum Gasteiger partial charge on any atom is 0.253 e. The van der Waals surface area contributed by atoms with E-state index in [-0.39, 0.29) is 23.5 Å². The van der Waals surface area contributed by atoms with Gasteiger partial charge in [-0.3, -0.25) is 14.4 Å². The molecule has 2 fully saturated rings. The number of rotatable bonds is 4. The van der Waals surface area contributed by atoms with Crippen LogP contribution >= 0.6 is 0 Å². The lowest BCUT2D eigenvalue weighted by molar-refractivity contribution is -0.114. The highest BCUT2D eigenvalue weighted by Crippen LogP contribution is 2.29. The van der Waals surface area contributed by atoms with Gasteiger partial charge < -0.3 is 25.3 Å². The molecule has 2 aliphatic rings. The number of halogens is 1. The molecule has 4 rings (SSSR count). The fourth-order valence-electron chi connectivity index (χ4n) is 4.39. The first kappa shape index (κ1) is 23.7. The van der Waals surface area contributed by atoms with Crippen molar-refractivity contribution >= 4 is 29.1 Å². The predicted molar refractivity (Wildman–Crippen MR) is 129 cm³/mol. The van der Waals surface area contributed by atoms with Crippen LogP contribution in [-0.2, 0) is 4.79 Å². The second-order valence-electron chi connectivity index (χ2n) is 8.60. The van der Waals surface area contributed by atoms with Gasteiger partial charge >= 0.3 is 0 Å². The number of hydrogen-bond acceptors (Lipinski definition) is 5. The third-order valence-electron chi connectivity index (χ3n) is 6.18. The summed E-state index contributed by atoms with van der Waals surface area (Å²) in [5.41, 5.74) is 2.41. The quantitative estimate of drug-likeness (QED) is 0.720. The van der Waals surface area contributed by atoms with Crippen molar-refractivity contribution in [3.8, 4) is 0 Å². The standard InChI is InChI=1S/C25H30FN5O3/c1-18(32)28-22-17-20(25(34)30-11-2-9-27-10-12-30)5-8-23(22)29-13-15-31(16-14-29)24(33)19-3-6-21(26)7-4-19/h3-8,17,27H,2,9-16H2,1H3,(H,28,32). The average Bonchev–Trinajstić information content (AvgIpc) is 3.13. The molecule has 2 N–H and O–H groups in total. The van der Waals surface area contributed by atoms with E-state index in [9.17, 15) is 18.8 Å². The van der Waals surface area contributed by atoms with Crippen molar-refractivity contribution in [3.63, 3.8) is 0 Å². The first-order valence-corrected chi connectivity index (χ1v) is 11.6. The van der Waals surface area contributed by atoms with Gasteiger partial charge in [0.15, 0.2) is 0 Å². The summed E-state index contributed by atoms with van der Waals surface area (Å²) in [6.07, 6.45) is 0.906. The number of amides is 3. The van der Waals surface area contributed by atoms with Gasteiger partial charge in [-0.15, -0.1) is 0 Å². The number of nitrogens with zero attached hydrogens (tertiary/aromatic N) is 3. The van der Waals surface area contributed by atoms with E-state index in [0.717, 1.165) is 25.2 Å². The Kier molecular flexibility index (Phi) is 7.42. The Labute approximate surface area is 198 Å². The molecule has 0 aromatic heterocycles. The summed E-state index contributed by atoms with van der Waals surface area (Å²) in [6, 6.07) is 11.0. The van der Waals surface area contributed by atoms with Gasteiger partial charge in [0.25, 0.3) is 11.8 Å². The number of benzene rings is 2. The van der Waals surface area contributed by atoms with Crippen LogP contribution in [0.15, 0.2) is 42.5 Å². The molecule has 0 aliphatic carbocycles. The Morgan fingerprint density at radius 2 is 1.47 bits per heavy atom. The van der Waals surface area contributed by atoms with Crippen LogP contribution in [-0.4, -0.2) is 79.9 Å². The highest BCUT2D eigenvalue weighted by Gasteiger charge is 2.25. The first-order chi connectivity index (χ1) is 16.4. The van der Waals surface area contributed by atoms with Crippen LogP contribution in [0.25, 0.3) is 0 Å². The summed E-state index contributed by atoms with van der Waals surface area (Å²) in [7, 11) is 0. The van der Waals surface area contributed by atoms with Crippen molar-refractivity contribution in [1.29, 1.82) is 0 Å². The third kappa shape index (κ3) is 5.53. The fourth-order valence-corrected chi connectivity index (χ4v) is 4.39. The van der Waals surface area contributed by atoms with E-state index < -0.39 is 0 Å². The molecule has 8 nitrogen and oxygen atoms in total. The molecule has 0 spiro atoms. The van der Waals surface area contributed by atoms with Crippen LogP contribution in [0, 0.1) is 5.82 Å². The number of carbonyl (C=O) groups is 3. The fraction of sp³-hybridized carbons (Fsp3) is 0.400. The molecule has 2 aliphatic heterocycles. The molecule has 0 saturated carbocycles. The van der Waals surface area contributed by atoms with Crippen molar-refractivity contribution in [2.45, 2.75) is 13.3 Å². The van der Waals surface area contributed by atoms with Gasteiger partial charge in [0.05, 0.1) is 11.4 Å². The Hall–Kier alpha value is -3.46. The Bertz CT molecular complexity index is 1040. The second kappa shape index (κ2) is 10.6. The molecule has 2 heterocycles. The highest BCUT2D eigenvalue weighted by atomic mass is 19.1. The van der Waals surface area contributed by atoms with E-state index in [2.05, 4.69) is 15.5 Å². The molecule has 2 saturated heterocycles. The van der Waals surface area contributed by atoms with E-state index in [1.807, 2.05) is 11.0 Å². The summed E-state index contributed by atoms with van der Waals surface area (Å²) < 4.78 is 13.2. The second-order valence-corrected chi connectivity index (χ2v) is 8.60. The number of nitrogens with one attached hydrogen (secondary N) is 2. The van der Waals surface area contributed by atoms with E-state index in [1.165, 1.54) is 31.2 Å². The number of piperazine rings is 1. The maximum absolute atomic E-state index is 13.2. The first-order valence-electron chi connectivity index (χ1n) is 11.6. The molecule has 0 atom stereocenters. The van der Waals surface area contributed by atoms with Crippen molar-refractivity contribution in [2.24, 2.45) is 0 Å². The zero-order chi connectivity index (χ0) is 24.1. The highest BCUT2D eigenvalue weighted by molar-refractivity contribution is 5.99. The van der Waals surface area contributed by atoms with Gasteiger partial charge in [-0.05, 0) is 55.4 Å². The van der Waals surface area contributed by atoms with Gasteiger partial charge in [-0.2, -0.15) is 0 Å². The molecule has 180 valence electrons. The van der Waals surface area contributed by atoms with Gasteiger partial charge in [0, 0.05) is 63.9 Å². The minimum absolute atomic E-state index is 0.0448. The monoisotopic (exact) mass is 467 g/mol. The van der Waals surface area contributed by atoms with Crippen LogP contribution < -0.4 is 15.5 Å². The van der Waals surface area contributed by atoms with Gasteiger partial charge in [-0.25, -0.2) is 4.39 Å². The van der Waals surface area contributed by atoms with Crippen molar-refractivity contribution in [2.75, 3.05) is 62.6 Å². The SMILES string of the molecule is CC(=O)Nc1cc(C(=O)N2CCCNCC2)ccc1N1CCN(C(=O)c2ccc(F)cc2)CC1.